The van der Waals surface area contributed by atoms with Crippen LogP contribution < -0.4 is 10.6 Å². The zero-order chi connectivity index (χ0) is 27.2. The first kappa shape index (κ1) is 25.6. The molecular formula is C29H22ClN5O4. The fourth-order valence-electron chi connectivity index (χ4n) is 3.95. The van der Waals surface area contributed by atoms with Crippen LogP contribution in [0.15, 0.2) is 103 Å². The monoisotopic (exact) mass is 539 g/mol. The Bertz CT molecular complexity index is 1640. The first-order valence-electron chi connectivity index (χ1n) is 12.0. The van der Waals surface area contributed by atoms with E-state index in [2.05, 4.69) is 20.9 Å². The van der Waals surface area contributed by atoms with Gasteiger partial charge >= 0.3 is 6.09 Å². The van der Waals surface area contributed by atoms with Gasteiger partial charge in [-0.15, -0.1) is 5.10 Å². The number of para-hydroxylation sites is 1. The summed E-state index contributed by atoms with van der Waals surface area (Å²) in [5, 5.41) is 13.8. The van der Waals surface area contributed by atoms with E-state index in [0.717, 1.165) is 5.56 Å². The smallest absolute Gasteiger partial charge is 0.409 e. The van der Waals surface area contributed by atoms with Gasteiger partial charge in [-0.05, 0) is 35.9 Å². The molecule has 1 unspecified atom stereocenters. The molecule has 9 nitrogen and oxygen atoms in total. The van der Waals surface area contributed by atoms with Crippen LogP contribution in [0.25, 0.3) is 11.0 Å². The minimum Gasteiger partial charge on any atom is -0.445 e. The average molecular weight is 540 g/mol. The van der Waals surface area contributed by atoms with Crippen molar-refractivity contribution in [2.45, 2.75) is 12.8 Å². The van der Waals surface area contributed by atoms with E-state index in [-0.39, 0.29) is 23.6 Å². The molecule has 0 radical (unpaired) electrons. The van der Waals surface area contributed by atoms with Crippen molar-refractivity contribution in [3.8, 4) is 0 Å². The summed E-state index contributed by atoms with van der Waals surface area (Å²) < 4.78 is 6.62. The lowest BCUT2D eigenvalue weighted by Gasteiger charge is -2.20. The number of anilines is 1. The molecule has 0 spiro atoms. The number of amides is 2. The second kappa shape index (κ2) is 11.6. The highest BCUT2D eigenvalue weighted by Crippen LogP contribution is 2.25. The maximum absolute atomic E-state index is 13.6. The molecule has 4 aromatic carbocycles. The highest BCUT2D eigenvalue weighted by atomic mass is 35.5. The minimum absolute atomic E-state index is 0.00598. The van der Waals surface area contributed by atoms with Crippen molar-refractivity contribution in [3.63, 3.8) is 0 Å². The van der Waals surface area contributed by atoms with Crippen molar-refractivity contribution in [1.82, 2.24) is 20.3 Å². The Hall–Kier alpha value is -5.02. The Kier molecular flexibility index (Phi) is 7.60. The molecule has 2 N–H and O–H groups in total. The second-order valence-corrected chi connectivity index (χ2v) is 8.94. The standard InChI is InChI=1S/C29H22ClN5O4/c30-21-15-16-23(22(17-21)26(36)20-11-5-2-6-12-20)31-28(37)27(35-25-14-8-7-13-24(25)33-34-35)32-29(38)39-18-19-9-3-1-4-10-19/h1-17,27H,18H2,(H,31,37)(H,32,38). The molecule has 0 aliphatic heterocycles. The fraction of sp³-hybridized carbons (Fsp3) is 0.0690. The summed E-state index contributed by atoms with van der Waals surface area (Å²) in [6.07, 6.45) is -2.19. The average Bonchev–Trinajstić information content (AvgIpc) is 3.40. The molecule has 5 aromatic rings. The molecule has 0 bridgehead atoms. The number of hydrogen-bond donors (Lipinski definition) is 2. The molecule has 0 saturated heterocycles. The number of fused-ring (bicyclic) bond motifs is 1. The van der Waals surface area contributed by atoms with Crippen LogP contribution in [0.3, 0.4) is 0 Å². The van der Waals surface area contributed by atoms with Gasteiger partial charge in [0.2, 0.25) is 6.17 Å². The van der Waals surface area contributed by atoms with E-state index in [0.29, 0.717) is 21.6 Å². The number of nitrogens with zero attached hydrogens (tertiary/aromatic N) is 3. The molecule has 39 heavy (non-hydrogen) atoms. The van der Waals surface area contributed by atoms with Crippen molar-refractivity contribution in [3.05, 3.63) is 125 Å². The third kappa shape index (κ3) is 5.94. The zero-order valence-corrected chi connectivity index (χ0v) is 21.2. The first-order chi connectivity index (χ1) is 19.0. The SMILES string of the molecule is O=C(NC(C(=O)Nc1ccc(Cl)cc1C(=O)c1ccccc1)n1nnc2ccccc21)OCc1ccccc1. The number of aromatic nitrogens is 3. The molecular weight excluding hydrogens is 518 g/mol. The number of hydrogen-bond acceptors (Lipinski definition) is 6. The van der Waals surface area contributed by atoms with Crippen molar-refractivity contribution in [2.24, 2.45) is 0 Å². The lowest BCUT2D eigenvalue weighted by Crippen LogP contribution is -2.41. The molecule has 5 rings (SSSR count). The van der Waals surface area contributed by atoms with Gasteiger partial charge in [0.05, 0.1) is 11.2 Å². The van der Waals surface area contributed by atoms with Crippen LogP contribution >= 0.6 is 11.6 Å². The Morgan fingerprint density at radius 2 is 1.56 bits per heavy atom. The summed E-state index contributed by atoms with van der Waals surface area (Å²) in [6.45, 7) is 0.00598. The van der Waals surface area contributed by atoms with Gasteiger partial charge in [0.1, 0.15) is 12.1 Å². The highest BCUT2D eigenvalue weighted by Gasteiger charge is 2.28. The molecule has 10 heteroatoms. The van der Waals surface area contributed by atoms with E-state index in [1.165, 1.54) is 16.8 Å². The van der Waals surface area contributed by atoms with Gasteiger partial charge in [0.25, 0.3) is 5.91 Å². The van der Waals surface area contributed by atoms with Gasteiger partial charge in [-0.25, -0.2) is 9.48 Å². The van der Waals surface area contributed by atoms with Gasteiger partial charge < -0.3 is 10.1 Å². The Balaban J connectivity index is 1.43. The summed E-state index contributed by atoms with van der Waals surface area (Å²) in [4.78, 5) is 39.7. The predicted octanol–water partition coefficient (Wildman–Crippen LogP) is 5.38. The molecule has 1 aromatic heterocycles. The molecule has 0 aliphatic carbocycles. The second-order valence-electron chi connectivity index (χ2n) is 8.51. The number of carbonyl (C=O) groups is 3. The van der Waals surface area contributed by atoms with E-state index in [1.54, 1.807) is 60.7 Å². The third-order valence-electron chi connectivity index (χ3n) is 5.86. The van der Waals surface area contributed by atoms with Crippen LogP contribution in [0.5, 0.6) is 0 Å². The van der Waals surface area contributed by atoms with Crippen molar-refractivity contribution in [2.75, 3.05) is 5.32 Å². The summed E-state index contributed by atoms with van der Waals surface area (Å²) in [6, 6.07) is 29.3. The van der Waals surface area contributed by atoms with Gasteiger partial charge in [-0.2, -0.15) is 0 Å². The van der Waals surface area contributed by atoms with Crippen LogP contribution in [-0.4, -0.2) is 32.8 Å². The molecule has 0 aliphatic rings. The Labute approximate surface area is 228 Å². The number of carbonyl (C=O) groups excluding carboxylic acids is 3. The zero-order valence-electron chi connectivity index (χ0n) is 20.5. The Morgan fingerprint density at radius 1 is 0.872 bits per heavy atom. The van der Waals surface area contributed by atoms with Crippen LogP contribution in [0.4, 0.5) is 10.5 Å². The van der Waals surface area contributed by atoms with Crippen LogP contribution in [0, 0.1) is 0 Å². The third-order valence-corrected chi connectivity index (χ3v) is 6.09. The summed E-state index contributed by atoms with van der Waals surface area (Å²) in [5.74, 6) is -1.00. The van der Waals surface area contributed by atoms with Gasteiger partial charge in [-0.3, -0.25) is 14.9 Å². The predicted molar refractivity (Wildman–Crippen MR) is 146 cm³/mol. The molecule has 1 heterocycles. The van der Waals surface area contributed by atoms with E-state index in [1.807, 2.05) is 30.3 Å². The van der Waals surface area contributed by atoms with Crippen molar-refractivity contribution < 1.29 is 19.1 Å². The molecule has 194 valence electrons. The van der Waals surface area contributed by atoms with E-state index < -0.39 is 18.2 Å². The lowest BCUT2D eigenvalue weighted by atomic mass is 10.0. The molecule has 0 fully saturated rings. The maximum atomic E-state index is 13.6. The van der Waals surface area contributed by atoms with Gasteiger partial charge in [-0.1, -0.05) is 89.6 Å². The topological polar surface area (TPSA) is 115 Å². The van der Waals surface area contributed by atoms with Gasteiger partial charge in [0, 0.05) is 16.1 Å². The number of benzene rings is 4. The maximum Gasteiger partial charge on any atom is 0.409 e. The number of halogens is 1. The first-order valence-corrected chi connectivity index (χ1v) is 12.3. The van der Waals surface area contributed by atoms with E-state index in [4.69, 9.17) is 16.3 Å². The number of rotatable bonds is 8. The quantitative estimate of drug-likeness (QED) is 0.256. The largest absolute Gasteiger partial charge is 0.445 e. The highest BCUT2D eigenvalue weighted by molar-refractivity contribution is 6.31. The van der Waals surface area contributed by atoms with Crippen LogP contribution in [-0.2, 0) is 16.1 Å². The van der Waals surface area contributed by atoms with Crippen LogP contribution in [0.1, 0.15) is 27.7 Å². The number of ether oxygens (including phenoxy) is 1. The number of nitrogens with one attached hydrogen (secondary N) is 2. The fourth-order valence-corrected chi connectivity index (χ4v) is 4.12. The number of ketones is 1. The summed E-state index contributed by atoms with van der Waals surface area (Å²) >= 11 is 6.19. The lowest BCUT2D eigenvalue weighted by molar-refractivity contribution is -0.120. The number of alkyl carbamates (subject to hydrolysis) is 1. The van der Waals surface area contributed by atoms with E-state index in [9.17, 15) is 14.4 Å². The van der Waals surface area contributed by atoms with Crippen LogP contribution in [0.2, 0.25) is 5.02 Å². The van der Waals surface area contributed by atoms with E-state index >= 15 is 0 Å². The van der Waals surface area contributed by atoms with Crippen molar-refractivity contribution >= 4 is 46.1 Å². The molecule has 1 atom stereocenters. The molecule has 0 saturated carbocycles. The Morgan fingerprint density at radius 3 is 2.33 bits per heavy atom. The normalized spacial score (nSPS) is 11.5. The summed E-state index contributed by atoms with van der Waals surface area (Å²) in [5.41, 5.74) is 2.66. The van der Waals surface area contributed by atoms with Gasteiger partial charge in [0.15, 0.2) is 5.78 Å². The minimum atomic E-state index is -1.35. The molecule has 2 amide bonds. The van der Waals surface area contributed by atoms with Crippen molar-refractivity contribution in [1.29, 1.82) is 0 Å². The summed E-state index contributed by atoms with van der Waals surface area (Å²) in [7, 11) is 0.